The summed E-state index contributed by atoms with van der Waals surface area (Å²) in [5, 5.41) is 2.68. The second kappa shape index (κ2) is 7.06. The Balaban J connectivity index is 3.31. The molecule has 0 bridgehead atoms. The molecule has 0 aliphatic rings. The highest BCUT2D eigenvalue weighted by atomic mass is 16.5. The molecule has 12 heavy (non-hydrogen) atoms. The molecule has 0 saturated carbocycles. The normalized spacial score (nSPS) is 12.6. The van der Waals surface area contributed by atoms with E-state index >= 15 is 0 Å². The Bertz CT molecular complexity index is 128. The molecule has 0 aromatic carbocycles. The van der Waals surface area contributed by atoms with E-state index in [1.807, 2.05) is 13.8 Å². The highest BCUT2D eigenvalue weighted by Crippen LogP contribution is 1.84. The molecular weight excluding hydrogens is 156 g/mol. The standard InChI is InChI=1S/C8H18N2O2/c1-3-7(9)8(11)10-5-6-12-4-2/h7H,3-6,9H2,1-2H3,(H,10,11)/t7-/m0/s1. The molecule has 3 N–H and O–H groups in total. The van der Waals surface area contributed by atoms with Crippen LogP contribution in [-0.4, -0.2) is 31.7 Å². The third-order valence-corrected chi connectivity index (χ3v) is 1.53. The third-order valence-electron chi connectivity index (χ3n) is 1.53. The number of hydrogen-bond donors (Lipinski definition) is 2. The molecule has 0 aliphatic carbocycles. The molecule has 0 unspecified atom stereocenters. The Hall–Kier alpha value is -0.610. The largest absolute Gasteiger partial charge is 0.380 e. The van der Waals surface area contributed by atoms with Crippen molar-refractivity contribution in [2.45, 2.75) is 26.3 Å². The van der Waals surface area contributed by atoms with Crippen molar-refractivity contribution in [1.29, 1.82) is 0 Å². The Labute approximate surface area is 73.5 Å². The van der Waals surface area contributed by atoms with Crippen LogP contribution in [0.25, 0.3) is 0 Å². The van der Waals surface area contributed by atoms with Gasteiger partial charge in [-0.15, -0.1) is 0 Å². The van der Waals surface area contributed by atoms with Gasteiger partial charge in [-0.2, -0.15) is 0 Å². The summed E-state index contributed by atoms with van der Waals surface area (Å²) in [6, 6.07) is -0.383. The Morgan fingerprint density at radius 1 is 1.58 bits per heavy atom. The van der Waals surface area contributed by atoms with Gasteiger partial charge in [0.15, 0.2) is 0 Å². The van der Waals surface area contributed by atoms with Gasteiger partial charge in [-0.1, -0.05) is 6.92 Å². The van der Waals surface area contributed by atoms with Gasteiger partial charge in [0.25, 0.3) is 0 Å². The van der Waals surface area contributed by atoms with Crippen LogP contribution in [0.4, 0.5) is 0 Å². The van der Waals surface area contributed by atoms with Gasteiger partial charge in [0, 0.05) is 13.2 Å². The average molecular weight is 174 g/mol. The molecule has 4 nitrogen and oxygen atoms in total. The lowest BCUT2D eigenvalue weighted by Gasteiger charge is -2.09. The van der Waals surface area contributed by atoms with Crippen molar-refractivity contribution < 1.29 is 9.53 Å². The fraction of sp³-hybridized carbons (Fsp3) is 0.875. The molecule has 0 aliphatic heterocycles. The number of carbonyl (C=O) groups is 1. The van der Waals surface area contributed by atoms with Crippen molar-refractivity contribution >= 4 is 5.91 Å². The summed E-state index contributed by atoms with van der Waals surface area (Å²) in [6.45, 7) is 5.57. The van der Waals surface area contributed by atoms with Gasteiger partial charge in [-0.05, 0) is 13.3 Å². The van der Waals surface area contributed by atoms with Crippen LogP contribution in [0.5, 0.6) is 0 Å². The Kier molecular flexibility index (Phi) is 6.70. The van der Waals surface area contributed by atoms with Gasteiger partial charge in [-0.25, -0.2) is 0 Å². The molecule has 0 aromatic rings. The zero-order chi connectivity index (χ0) is 9.40. The van der Waals surface area contributed by atoms with E-state index in [1.54, 1.807) is 0 Å². The SMILES string of the molecule is CCOCCNC(=O)[C@@H](N)CC. The van der Waals surface area contributed by atoms with Crippen LogP contribution in [0.3, 0.4) is 0 Å². The summed E-state index contributed by atoms with van der Waals surface area (Å²) in [6.07, 6.45) is 0.667. The topological polar surface area (TPSA) is 64.3 Å². The van der Waals surface area contributed by atoms with Gasteiger partial charge in [-0.3, -0.25) is 4.79 Å². The summed E-state index contributed by atoms with van der Waals surface area (Å²) >= 11 is 0. The first-order chi connectivity index (χ1) is 5.72. The maximum atomic E-state index is 11.0. The summed E-state index contributed by atoms with van der Waals surface area (Å²) in [4.78, 5) is 11.0. The van der Waals surface area contributed by atoms with Crippen molar-refractivity contribution in [3.05, 3.63) is 0 Å². The second-order valence-corrected chi connectivity index (χ2v) is 2.50. The maximum absolute atomic E-state index is 11.0. The highest BCUT2D eigenvalue weighted by Gasteiger charge is 2.08. The quantitative estimate of drug-likeness (QED) is 0.552. The van der Waals surface area contributed by atoms with Crippen LogP contribution in [0.2, 0.25) is 0 Å². The first kappa shape index (κ1) is 11.4. The molecule has 0 saturated heterocycles. The molecule has 0 spiro atoms. The van der Waals surface area contributed by atoms with Crippen LogP contribution in [0.1, 0.15) is 20.3 Å². The second-order valence-electron chi connectivity index (χ2n) is 2.50. The minimum atomic E-state index is -0.383. The lowest BCUT2D eigenvalue weighted by molar-refractivity contribution is -0.122. The van der Waals surface area contributed by atoms with E-state index in [4.69, 9.17) is 10.5 Å². The predicted molar refractivity (Wildman–Crippen MR) is 47.8 cm³/mol. The minimum Gasteiger partial charge on any atom is -0.380 e. The molecule has 0 aromatic heterocycles. The number of ether oxygens (including phenoxy) is 1. The van der Waals surface area contributed by atoms with E-state index in [0.717, 1.165) is 0 Å². The molecule has 1 atom stereocenters. The molecule has 1 amide bonds. The van der Waals surface area contributed by atoms with Crippen molar-refractivity contribution in [1.82, 2.24) is 5.32 Å². The molecule has 72 valence electrons. The first-order valence-corrected chi connectivity index (χ1v) is 4.33. The smallest absolute Gasteiger partial charge is 0.236 e. The predicted octanol–water partition coefficient (Wildman–Crippen LogP) is -0.124. The fourth-order valence-corrected chi connectivity index (χ4v) is 0.707. The van der Waals surface area contributed by atoms with Crippen molar-refractivity contribution in [3.8, 4) is 0 Å². The Morgan fingerprint density at radius 3 is 2.75 bits per heavy atom. The van der Waals surface area contributed by atoms with Crippen LogP contribution in [0.15, 0.2) is 0 Å². The molecule has 0 heterocycles. The van der Waals surface area contributed by atoms with Gasteiger partial charge >= 0.3 is 0 Å². The molecule has 0 fully saturated rings. The van der Waals surface area contributed by atoms with Crippen molar-refractivity contribution in [3.63, 3.8) is 0 Å². The van der Waals surface area contributed by atoms with Crippen LogP contribution in [0, 0.1) is 0 Å². The molecule has 0 rings (SSSR count). The highest BCUT2D eigenvalue weighted by molar-refractivity contribution is 5.81. The zero-order valence-corrected chi connectivity index (χ0v) is 7.80. The summed E-state index contributed by atoms with van der Waals surface area (Å²) in [5.41, 5.74) is 5.48. The summed E-state index contributed by atoms with van der Waals surface area (Å²) < 4.78 is 5.04. The maximum Gasteiger partial charge on any atom is 0.236 e. The van der Waals surface area contributed by atoms with Gasteiger partial charge in [0.2, 0.25) is 5.91 Å². The van der Waals surface area contributed by atoms with Crippen LogP contribution < -0.4 is 11.1 Å². The Morgan fingerprint density at radius 2 is 2.25 bits per heavy atom. The summed E-state index contributed by atoms with van der Waals surface area (Å²) in [7, 11) is 0. The molecular formula is C8H18N2O2. The van der Waals surface area contributed by atoms with E-state index in [1.165, 1.54) is 0 Å². The van der Waals surface area contributed by atoms with Crippen LogP contribution >= 0.6 is 0 Å². The van der Waals surface area contributed by atoms with Crippen molar-refractivity contribution in [2.24, 2.45) is 5.73 Å². The van der Waals surface area contributed by atoms with Gasteiger partial charge < -0.3 is 15.8 Å². The number of carbonyl (C=O) groups excluding carboxylic acids is 1. The third kappa shape index (κ3) is 5.09. The molecule has 4 heteroatoms. The van der Waals surface area contributed by atoms with Crippen LogP contribution in [-0.2, 0) is 9.53 Å². The van der Waals surface area contributed by atoms with E-state index in [2.05, 4.69) is 5.32 Å². The fourth-order valence-electron chi connectivity index (χ4n) is 0.707. The number of nitrogens with two attached hydrogens (primary N) is 1. The van der Waals surface area contributed by atoms with E-state index in [-0.39, 0.29) is 11.9 Å². The van der Waals surface area contributed by atoms with Gasteiger partial charge in [0.1, 0.15) is 0 Å². The average Bonchev–Trinajstić information content (AvgIpc) is 2.10. The number of rotatable bonds is 6. The first-order valence-electron chi connectivity index (χ1n) is 4.33. The lowest BCUT2D eigenvalue weighted by atomic mass is 10.2. The number of nitrogens with one attached hydrogen (secondary N) is 1. The molecule has 0 radical (unpaired) electrons. The van der Waals surface area contributed by atoms with Crippen molar-refractivity contribution in [2.75, 3.05) is 19.8 Å². The minimum absolute atomic E-state index is 0.0998. The monoisotopic (exact) mass is 174 g/mol. The van der Waals surface area contributed by atoms with E-state index < -0.39 is 0 Å². The number of hydrogen-bond acceptors (Lipinski definition) is 3. The summed E-state index contributed by atoms with van der Waals surface area (Å²) in [5.74, 6) is -0.0998. The lowest BCUT2D eigenvalue weighted by Crippen LogP contribution is -2.41. The zero-order valence-electron chi connectivity index (χ0n) is 7.80. The number of amides is 1. The van der Waals surface area contributed by atoms with Gasteiger partial charge in [0.05, 0.1) is 12.6 Å². The van der Waals surface area contributed by atoms with E-state index in [0.29, 0.717) is 26.2 Å². The van der Waals surface area contributed by atoms with E-state index in [9.17, 15) is 4.79 Å².